The van der Waals surface area contributed by atoms with E-state index in [1.165, 1.54) is 0 Å². The Bertz CT molecular complexity index is 1200. The van der Waals surface area contributed by atoms with E-state index in [2.05, 4.69) is 20.3 Å². The highest BCUT2D eigenvalue weighted by Gasteiger charge is 2.15. The fraction of sp³-hybridized carbons (Fsp3) is 0.333. The number of amides is 1. The summed E-state index contributed by atoms with van der Waals surface area (Å²) in [5, 5.41) is 7.96. The van der Waals surface area contributed by atoms with Crippen molar-refractivity contribution >= 4 is 44.1 Å². The number of rotatable bonds is 11. The molecule has 7 nitrogen and oxygen atoms in total. The van der Waals surface area contributed by atoms with E-state index in [0.29, 0.717) is 31.0 Å². The smallest absolute Gasteiger partial charge is 0.240 e. The zero-order valence-electron chi connectivity index (χ0n) is 18.8. The molecule has 1 amide bonds. The largest absolute Gasteiger partial charge is 0.384 e. The Labute approximate surface area is 200 Å². The summed E-state index contributed by atoms with van der Waals surface area (Å²) in [6, 6.07) is 14.0. The monoisotopic (exact) mass is 488 g/mol. The molecule has 33 heavy (non-hydrogen) atoms. The SMILES string of the molecule is CC(C)NS(=O)(=O)c1ccc(CCC(=O)NCCCNc2ccnc3cc(Cl)ccc23)cc1. The first-order valence-corrected chi connectivity index (χ1v) is 12.8. The maximum atomic E-state index is 12.2. The number of halogens is 1. The van der Waals surface area contributed by atoms with Crippen LogP contribution in [0.2, 0.25) is 5.02 Å². The minimum absolute atomic E-state index is 0.0304. The lowest BCUT2D eigenvalue weighted by atomic mass is 10.1. The molecule has 0 aliphatic carbocycles. The highest BCUT2D eigenvalue weighted by atomic mass is 35.5. The molecule has 0 atom stereocenters. The Morgan fingerprint density at radius 2 is 1.82 bits per heavy atom. The normalized spacial score (nSPS) is 11.6. The molecule has 0 fully saturated rings. The van der Waals surface area contributed by atoms with Gasteiger partial charge in [-0.1, -0.05) is 23.7 Å². The topological polar surface area (TPSA) is 100 Å². The second-order valence-corrected chi connectivity index (χ2v) is 10.2. The van der Waals surface area contributed by atoms with E-state index in [-0.39, 0.29) is 16.8 Å². The van der Waals surface area contributed by atoms with Gasteiger partial charge >= 0.3 is 0 Å². The Morgan fingerprint density at radius 3 is 2.55 bits per heavy atom. The number of carbonyl (C=O) groups is 1. The molecule has 0 unspecified atom stereocenters. The van der Waals surface area contributed by atoms with Crippen molar-refractivity contribution in [2.45, 2.75) is 44.0 Å². The van der Waals surface area contributed by atoms with Crippen molar-refractivity contribution in [3.05, 3.63) is 65.3 Å². The summed E-state index contributed by atoms with van der Waals surface area (Å²) in [5.41, 5.74) is 2.74. The Morgan fingerprint density at radius 1 is 1.06 bits per heavy atom. The van der Waals surface area contributed by atoms with Gasteiger partial charge in [0.2, 0.25) is 15.9 Å². The number of nitrogens with one attached hydrogen (secondary N) is 3. The van der Waals surface area contributed by atoms with Gasteiger partial charge in [-0.05, 0) is 68.7 Å². The molecule has 0 aliphatic rings. The van der Waals surface area contributed by atoms with Gasteiger partial charge in [0.15, 0.2) is 0 Å². The third kappa shape index (κ3) is 7.42. The molecular weight excluding hydrogens is 460 g/mol. The van der Waals surface area contributed by atoms with E-state index in [1.807, 2.05) is 24.3 Å². The average Bonchev–Trinajstić information content (AvgIpc) is 2.76. The standard InChI is InChI=1S/C24H29ClN4O3S/c1-17(2)29-33(31,32)20-8-4-18(5-9-20)6-11-24(30)28-14-3-13-26-22-12-15-27-23-16-19(25)7-10-21(22)23/h4-5,7-10,12,15-17,29H,3,6,11,13-14H2,1-2H3,(H,26,27)(H,28,30). The van der Waals surface area contributed by atoms with Crippen LogP contribution in [0.25, 0.3) is 10.9 Å². The van der Waals surface area contributed by atoms with Gasteiger partial charge in [0.05, 0.1) is 10.4 Å². The number of carbonyl (C=O) groups excluding carboxylic acids is 1. The van der Waals surface area contributed by atoms with E-state index in [4.69, 9.17) is 11.6 Å². The van der Waals surface area contributed by atoms with Crippen molar-refractivity contribution < 1.29 is 13.2 Å². The number of benzene rings is 2. The third-order valence-electron chi connectivity index (χ3n) is 4.96. The lowest BCUT2D eigenvalue weighted by molar-refractivity contribution is -0.121. The first-order chi connectivity index (χ1) is 15.7. The van der Waals surface area contributed by atoms with Crippen LogP contribution in [0, 0.1) is 0 Å². The van der Waals surface area contributed by atoms with Crippen LogP contribution in [0.4, 0.5) is 5.69 Å². The van der Waals surface area contributed by atoms with E-state index in [1.54, 1.807) is 44.3 Å². The predicted octanol–water partition coefficient (Wildman–Crippen LogP) is 4.13. The van der Waals surface area contributed by atoms with Crippen LogP contribution in [0.1, 0.15) is 32.3 Å². The molecule has 2 aromatic carbocycles. The van der Waals surface area contributed by atoms with Gasteiger partial charge in [0.25, 0.3) is 0 Å². The maximum Gasteiger partial charge on any atom is 0.240 e. The molecule has 3 N–H and O–H groups in total. The fourth-order valence-electron chi connectivity index (χ4n) is 3.37. The molecule has 0 bridgehead atoms. The minimum Gasteiger partial charge on any atom is -0.384 e. The van der Waals surface area contributed by atoms with Crippen molar-refractivity contribution in [3.8, 4) is 0 Å². The predicted molar refractivity (Wildman–Crippen MR) is 133 cm³/mol. The van der Waals surface area contributed by atoms with Crippen LogP contribution in [-0.4, -0.2) is 38.4 Å². The number of fused-ring (bicyclic) bond motifs is 1. The van der Waals surface area contributed by atoms with Crippen LogP contribution in [-0.2, 0) is 21.2 Å². The van der Waals surface area contributed by atoms with Gasteiger partial charge in [-0.15, -0.1) is 0 Å². The number of hydrogen-bond donors (Lipinski definition) is 3. The number of pyridine rings is 1. The molecule has 0 saturated carbocycles. The number of aromatic nitrogens is 1. The third-order valence-corrected chi connectivity index (χ3v) is 6.87. The number of sulfonamides is 1. The van der Waals surface area contributed by atoms with Gasteiger partial charge in [-0.2, -0.15) is 0 Å². The summed E-state index contributed by atoms with van der Waals surface area (Å²) >= 11 is 6.02. The second kappa shape index (κ2) is 11.4. The summed E-state index contributed by atoms with van der Waals surface area (Å²) < 4.78 is 26.9. The number of hydrogen-bond acceptors (Lipinski definition) is 5. The van der Waals surface area contributed by atoms with Gasteiger partial charge in [-0.3, -0.25) is 9.78 Å². The van der Waals surface area contributed by atoms with Gasteiger partial charge in [0, 0.05) is 47.8 Å². The molecule has 0 spiro atoms. The molecule has 3 aromatic rings. The quantitative estimate of drug-likeness (QED) is 0.352. The lowest BCUT2D eigenvalue weighted by Gasteiger charge is -2.11. The van der Waals surface area contributed by atoms with Crippen LogP contribution >= 0.6 is 11.6 Å². The van der Waals surface area contributed by atoms with E-state index in [9.17, 15) is 13.2 Å². The highest BCUT2D eigenvalue weighted by molar-refractivity contribution is 7.89. The van der Waals surface area contributed by atoms with E-state index < -0.39 is 10.0 Å². The zero-order chi connectivity index (χ0) is 23.8. The summed E-state index contributed by atoms with van der Waals surface area (Å²) in [7, 11) is -3.50. The molecule has 176 valence electrons. The van der Waals surface area contributed by atoms with Crippen molar-refractivity contribution in [1.29, 1.82) is 0 Å². The van der Waals surface area contributed by atoms with Gasteiger partial charge in [-0.25, -0.2) is 13.1 Å². The van der Waals surface area contributed by atoms with Gasteiger partial charge in [0.1, 0.15) is 0 Å². The molecule has 1 aromatic heterocycles. The van der Waals surface area contributed by atoms with E-state index >= 15 is 0 Å². The van der Waals surface area contributed by atoms with Crippen LogP contribution < -0.4 is 15.4 Å². The number of nitrogens with zero attached hydrogens (tertiary/aromatic N) is 1. The molecule has 9 heteroatoms. The van der Waals surface area contributed by atoms with Crippen LogP contribution in [0.5, 0.6) is 0 Å². The van der Waals surface area contributed by atoms with Gasteiger partial charge < -0.3 is 10.6 Å². The summed E-state index contributed by atoms with van der Waals surface area (Å²) in [6.45, 7) is 4.83. The zero-order valence-corrected chi connectivity index (χ0v) is 20.3. The summed E-state index contributed by atoms with van der Waals surface area (Å²) in [5.74, 6) is -0.0304. The highest BCUT2D eigenvalue weighted by Crippen LogP contribution is 2.24. The van der Waals surface area contributed by atoms with Crippen molar-refractivity contribution in [1.82, 2.24) is 15.0 Å². The Balaban J connectivity index is 1.38. The first kappa shape index (κ1) is 25.0. The van der Waals surface area contributed by atoms with E-state index in [0.717, 1.165) is 28.6 Å². The first-order valence-electron chi connectivity index (χ1n) is 10.9. The molecule has 3 rings (SSSR count). The summed E-state index contributed by atoms with van der Waals surface area (Å²) in [4.78, 5) is 16.7. The average molecular weight is 489 g/mol. The number of anilines is 1. The van der Waals surface area contributed by atoms with Crippen molar-refractivity contribution in [2.24, 2.45) is 0 Å². The minimum atomic E-state index is -3.50. The maximum absolute atomic E-state index is 12.2. The Kier molecular flexibility index (Phi) is 8.66. The van der Waals surface area contributed by atoms with Crippen LogP contribution in [0.3, 0.4) is 0 Å². The molecular formula is C24H29ClN4O3S. The molecule has 0 saturated heterocycles. The lowest BCUT2D eigenvalue weighted by Crippen LogP contribution is -2.30. The van der Waals surface area contributed by atoms with Crippen molar-refractivity contribution in [3.63, 3.8) is 0 Å². The molecule has 1 heterocycles. The fourth-order valence-corrected chi connectivity index (χ4v) is 4.79. The number of aryl methyl sites for hydroxylation is 1. The molecule has 0 aliphatic heterocycles. The summed E-state index contributed by atoms with van der Waals surface area (Å²) in [6.07, 6.45) is 3.41. The van der Waals surface area contributed by atoms with Crippen molar-refractivity contribution in [2.75, 3.05) is 18.4 Å². The second-order valence-electron chi connectivity index (χ2n) is 8.07. The van der Waals surface area contributed by atoms with Crippen LogP contribution in [0.15, 0.2) is 59.6 Å². The molecule has 0 radical (unpaired) electrons. The Hall–Kier alpha value is -2.68.